The van der Waals surface area contributed by atoms with Crippen molar-refractivity contribution in [2.45, 2.75) is 70.1 Å². The second-order valence-electron chi connectivity index (χ2n) is 9.94. The Hall–Kier alpha value is -3.06. The summed E-state index contributed by atoms with van der Waals surface area (Å²) in [7, 11) is 0. The van der Waals surface area contributed by atoms with Gasteiger partial charge < -0.3 is 19.9 Å². The van der Waals surface area contributed by atoms with E-state index >= 15 is 0 Å². The van der Waals surface area contributed by atoms with E-state index in [1.54, 1.807) is 6.07 Å². The highest BCUT2D eigenvalue weighted by atomic mass is 16.6. The van der Waals surface area contributed by atoms with Crippen LogP contribution in [0, 0.1) is 5.92 Å². The van der Waals surface area contributed by atoms with Gasteiger partial charge in [-0.25, -0.2) is 9.59 Å². The van der Waals surface area contributed by atoms with E-state index in [2.05, 4.69) is 17.1 Å². The van der Waals surface area contributed by atoms with E-state index in [9.17, 15) is 14.7 Å². The molecule has 3 fully saturated rings. The first kappa shape index (κ1) is 26.0. The summed E-state index contributed by atoms with van der Waals surface area (Å²) in [5.41, 5.74) is 1.72. The molecule has 7 nitrogen and oxygen atoms in total. The molecule has 3 aliphatic rings. The van der Waals surface area contributed by atoms with E-state index in [1.165, 1.54) is 0 Å². The summed E-state index contributed by atoms with van der Waals surface area (Å²) in [6, 6.07) is 16.6. The molecule has 5 rings (SSSR count). The molecular weight excluding hydrogens is 456 g/mol. The number of nitrogens with one attached hydrogen (secondary N) is 1. The molecule has 1 amide bonds. The fourth-order valence-electron chi connectivity index (χ4n) is 5.26. The van der Waals surface area contributed by atoms with Crippen LogP contribution in [0.4, 0.5) is 4.79 Å². The van der Waals surface area contributed by atoms with Crippen LogP contribution in [0.3, 0.4) is 0 Å². The molecule has 3 atom stereocenters. The third-order valence-corrected chi connectivity index (χ3v) is 7.31. The number of ether oxygens (including phenoxy) is 2. The molecule has 194 valence electrons. The normalized spacial score (nSPS) is 22.4. The van der Waals surface area contributed by atoms with Crippen LogP contribution in [-0.2, 0) is 9.53 Å². The topological polar surface area (TPSA) is 88.1 Å². The number of aliphatic carboxylic acids is 1. The number of piperidine rings is 3. The number of carbonyl (C=O) groups excluding carboxylic acids is 1. The number of carboxylic acid groups (broad SMARTS) is 1. The van der Waals surface area contributed by atoms with Crippen LogP contribution in [0.2, 0.25) is 0 Å². The van der Waals surface area contributed by atoms with Gasteiger partial charge in [-0.05, 0) is 68.0 Å². The van der Waals surface area contributed by atoms with E-state index in [1.807, 2.05) is 48.5 Å². The van der Waals surface area contributed by atoms with Crippen molar-refractivity contribution < 1.29 is 24.2 Å². The molecule has 0 radical (unpaired) electrons. The van der Waals surface area contributed by atoms with Crippen molar-refractivity contribution in [3.63, 3.8) is 0 Å². The van der Waals surface area contributed by atoms with Crippen LogP contribution in [0.5, 0.6) is 5.75 Å². The molecule has 0 spiro atoms. The first-order valence-electron chi connectivity index (χ1n) is 13.3. The summed E-state index contributed by atoms with van der Waals surface area (Å²) in [4.78, 5) is 27.2. The lowest BCUT2D eigenvalue weighted by Gasteiger charge is -2.43. The maximum Gasteiger partial charge on any atom is 0.408 e. The van der Waals surface area contributed by atoms with E-state index in [-0.39, 0.29) is 6.10 Å². The number of hydrogen-bond donors (Lipinski definition) is 2. The smallest absolute Gasteiger partial charge is 0.408 e. The lowest BCUT2D eigenvalue weighted by molar-refractivity contribution is -0.145. The minimum Gasteiger partial charge on any atom is -0.479 e. The third-order valence-electron chi connectivity index (χ3n) is 7.31. The number of rotatable bonds is 12. The van der Waals surface area contributed by atoms with Gasteiger partial charge in [0.2, 0.25) is 0 Å². The van der Waals surface area contributed by atoms with Crippen LogP contribution in [-0.4, -0.2) is 53.9 Å². The predicted octanol–water partition coefficient (Wildman–Crippen LogP) is 5.40. The Balaban J connectivity index is 1.47. The summed E-state index contributed by atoms with van der Waals surface area (Å²) in [5.74, 6) is -0.0578. The molecule has 0 aromatic heterocycles. The Morgan fingerprint density at radius 2 is 1.78 bits per heavy atom. The number of carboxylic acids is 1. The molecule has 0 aliphatic carbocycles. The van der Waals surface area contributed by atoms with E-state index in [4.69, 9.17) is 9.47 Å². The highest BCUT2D eigenvalue weighted by Crippen LogP contribution is 2.31. The van der Waals surface area contributed by atoms with Crippen molar-refractivity contribution in [3.8, 4) is 5.75 Å². The Morgan fingerprint density at radius 3 is 2.44 bits per heavy atom. The standard InChI is InChI=1S/C29H38N2O5/c1-2-3-4-8-14-25(28(32)33)35-24-13-9-12-23(19-24)27(22-10-6-5-7-11-22)30-29(34)36-26-20-31-17-15-21(26)16-18-31/h5-7,9-13,19,21,25-27H,2-4,8,14-18,20H2,1H3,(H,30,34)(H,32,33)/t25?,26-,27?/m0/s1. The van der Waals surface area contributed by atoms with Crippen LogP contribution < -0.4 is 10.1 Å². The zero-order valence-electron chi connectivity index (χ0n) is 21.1. The average Bonchev–Trinajstić information content (AvgIpc) is 2.90. The number of benzene rings is 2. The summed E-state index contributed by atoms with van der Waals surface area (Å²) >= 11 is 0. The maximum atomic E-state index is 13.0. The van der Waals surface area contributed by atoms with Crippen molar-refractivity contribution in [2.75, 3.05) is 19.6 Å². The van der Waals surface area contributed by atoms with Crippen molar-refractivity contribution in [3.05, 3.63) is 65.7 Å². The molecule has 2 aromatic carbocycles. The SMILES string of the molecule is CCCCCCC(Oc1cccc(C(NC(=O)O[C@H]2CN3CCC2CC3)c2ccccc2)c1)C(=O)O. The van der Waals surface area contributed by atoms with E-state index in [0.29, 0.717) is 18.1 Å². The summed E-state index contributed by atoms with van der Waals surface area (Å²) < 4.78 is 11.8. The largest absolute Gasteiger partial charge is 0.479 e. The molecule has 7 heteroatoms. The lowest BCUT2D eigenvalue weighted by atomic mass is 9.86. The molecule has 3 saturated heterocycles. The summed E-state index contributed by atoms with van der Waals surface area (Å²) in [6.45, 7) is 5.09. The second-order valence-corrected chi connectivity index (χ2v) is 9.94. The zero-order chi connectivity index (χ0) is 25.3. The minimum atomic E-state index is -0.962. The molecule has 2 aromatic rings. The van der Waals surface area contributed by atoms with Gasteiger partial charge in [0.25, 0.3) is 0 Å². The summed E-state index contributed by atoms with van der Waals surface area (Å²) in [6.07, 6.45) is 5.17. The van der Waals surface area contributed by atoms with Crippen LogP contribution >= 0.6 is 0 Å². The molecule has 2 N–H and O–H groups in total. The van der Waals surface area contributed by atoms with Gasteiger partial charge >= 0.3 is 12.1 Å². The fourth-order valence-corrected chi connectivity index (χ4v) is 5.26. The highest BCUT2D eigenvalue weighted by Gasteiger charge is 2.37. The molecule has 3 heterocycles. The van der Waals surface area contributed by atoms with Gasteiger partial charge in [0.15, 0.2) is 6.10 Å². The number of amides is 1. The fraction of sp³-hybridized carbons (Fsp3) is 0.517. The molecule has 2 unspecified atom stereocenters. The third kappa shape index (κ3) is 7.00. The first-order chi connectivity index (χ1) is 17.5. The van der Waals surface area contributed by atoms with E-state index < -0.39 is 24.2 Å². The van der Waals surface area contributed by atoms with Crippen molar-refractivity contribution in [1.29, 1.82) is 0 Å². The van der Waals surface area contributed by atoms with Gasteiger partial charge in [0, 0.05) is 6.54 Å². The Labute approximate surface area is 213 Å². The molecule has 3 aliphatic heterocycles. The number of nitrogens with zero attached hydrogens (tertiary/aromatic N) is 1. The van der Waals surface area contributed by atoms with E-state index in [0.717, 1.165) is 69.3 Å². The van der Waals surface area contributed by atoms with Gasteiger partial charge in [-0.2, -0.15) is 0 Å². The van der Waals surface area contributed by atoms with Gasteiger partial charge in [-0.3, -0.25) is 4.90 Å². The maximum absolute atomic E-state index is 13.0. The van der Waals surface area contributed by atoms with Crippen molar-refractivity contribution >= 4 is 12.1 Å². The zero-order valence-corrected chi connectivity index (χ0v) is 21.1. The van der Waals surface area contributed by atoms with Gasteiger partial charge in [-0.15, -0.1) is 0 Å². The van der Waals surface area contributed by atoms with Crippen LogP contribution in [0.1, 0.15) is 69.0 Å². The monoisotopic (exact) mass is 494 g/mol. The number of hydrogen-bond acceptors (Lipinski definition) is 5. The average molecular weight is 495 g/mol. The molecule has 2 bridgehead atoms. The quantitative estimate of drug-likeness (QED) is 0.384. The molecule has 36 heavy (non-hydrogen) atoms. The highest BCUT2D eigenvalue weighted by molar-refractivity contribution is 5.72. The van der Waals surface area contributed by atoms with Crippen molar-refractivity contribution in [1.82, 2.24) is 10.2 Å². The number of carbonyl (C=O) groups is 2. The van der Waals surface area contributed by atoms with Crippen molar-refractivity contribution in [2.24, 2.45) is 5.92 Å². The Bertz CT molecular complexity index is 990. The Kier molecular flexibility index (Phi) is 9.23. The number of unbranched alkanes of at least 4 members (excludes halogenated alkanes) is 3. The van der Waals surface area contributed by atoms with Gasteiger partial charge in [0.1, 0.15) is 11.9 Å². The number of fused-ring (bicyclic) bond motifs is 3. The van der Waals surface area contributed by atoms with Gasteiger partial charge in [-0.1, -0.05) is 68.7 Å². The number of alkyl carbamates (subject to hydrolysis) is 1. The molecular formula is C29H38N2O5. The molecule has 0 saturated carbocycles. The lowest BCUT2D eigenvalue weighted by Crippen LogP contribution is -2.52. The second kappa shape index (κ2) is 12.8. The summed E-state index contributed by atoms with van der Waals surface area (Å²) in [5, 5.41) is 12.7. The predicted molar refractivity (Wildman–Crippen MR) is 138 cm³/mol. The first-order valence-corrected chi connectivity index (χ1v) is 13.3. The van der Waals surface area contributed by atoms with Crippen LogP contribution in [0.15, 0.2) is 54.6 Å². The van der Waals surface area contributed by atoms with Crippen LogP contribution in [0.25, 0.3) is 0 Å². The minimum absolute atomic E-state index is 0.0809. The van der Waals surface area contributed by atoms with Gasteiger partial charge in [0.05, 0.1) is 6.04 Å². The Morgan fingerprint density at radius 1 is 1.03 bits per heavy atom.